The summed E-state index contributed by atoms with van der Waals surface area (Å²) in [6.07, 6.45) is 2.55. The van der Waals surface area contributed by atoms with E-state index in [2.05, 4.69) is 42.5 Å². The fourth-order valence-corrected chi connectivity index (χ4v) is 4.45. The second kappa shape index (κ2) is 5.47. The minimum Gasteiger partial charge on any atom is -0.329 e. The molecule has 2 saturated heterocycles. The third-order valence-corrected chi connectivity index (χ3v) is 5.82. The standard InChI is InChI=1S/C13H27N3S/c1-11-8-16(9-12(2)15(11)3)13(10-14)4-6-17-7-5-13/h11-12H,4-10,14H2,1-3H3. The van der Waals surface area contributed by atoms with Gasteiger partial charge in [0, 0.05) is 37.3 Å². The maximum atomic E-state index is 6.13. The lowest BCUT2D eigenvalue weighted by molar-refractivity contribution is -0.0136. The Balaban J connectivity index is 2.09. The summed E-state index contributed by atoms with van der Waals surface area (Å²) in [5, 5.41) is 0. The van der Waals surface area contributed by atoms with Gasteiger partial charge in [0.25, 0.3) is 0 Å². The van der Waals surface area contributed by atoms with Crippen LogP contribution >= 0.6 is 11.8 Å². The van der Waals surface area contributed by atoms with Crippen LogP contribution in [-0.4, -0.2) is 65.6 Å². The minimum atomic E-state index is 0.301. The van der Waals surface area contributed by atoms with E-state index in [0.717, 1.165) is 6.54 Å². The molecule has 2 rings (SSSR count). The van der Waals surface area contributed by atoms with E-state index < -0.39 is 0 Å². The lowest BCUT2D eigenvalue weighted by Gasteiger charge is -2.52. The summed E-state index contributed by atoms with van der Waals surface area (Å²) in [7, 11) is 2.25. The molecule has 2 heterocycles. The highest BCUT2D eigenvalue weighted by molar-refractivity contribution is 7.99. The van der Waals surface area contributed by atoms with Gasteiger partial charge in [-0.2, -0.15) is 11.8 Å². The van der Waals surface area contributed by atoms with E-state index in [1.807, 2.05) is 0 Å². The van der Waals surface area contributed by atoms with Crippen molar-refractivity contribution in [3.8, 4) is 0 Å². The second-order valence-electron chi connectivity index (χ2n) is 5.81. The zero-order valence-corrected chi connectivity index (χ0v) is 12.3. The third-order valence-electron chi connectivity index (χ3n) is 4.83. The fourth-order valence-electron chi connectivity index (χ4n) is 3.19. The van der Waals surface area contributed by atoms with Crippen molar-refractivity contribution in [1.82, 2.24) is 9.80 Å². The highest BCUT2D eigenvalue weighted by Gasteiger charge is 2.41. The Labute approximate surface area is 110 Å². The van der Waals surface area contributed by atoms with Crippen molar-refractivity contribution >= 4 is 11.8 Å². The number of hydrogen-bond acceptors (Lipinski definition) is 4. The highest BCUT2D eigenvalue weighted by atomic mass is 32.2. The predicted octanol–water partition coefficient (Wildman–Crippen LogP) is 1.24. The number of likely N-dealkylation sites (N-methyl/N-ethyl adjacent to an activating group) is 1. The molecule has 0 aromatic carbocycles. The van der Waals surface area contributed by atoms with Gasteiger partial charge in [0.15, 0.2) is 0 Å². The summed E-state index contributed by atoms with van der Waals surface area (Å²) in [4.78, 5) is 5.19. The molecule has 2 fully saturated rings. The van der Waals surface area contributed by atoms with E-state index >= 15 is 0 Å². The number of rotatable bonds is 2. The van der Waals surface area contributed by atoms with Crippen molar-refractivity contribution < 1.29 is 0 Å². The molecule has 2 unspecified atom stereocenters. The summed E-state index contributed by atoms with van der Waals surface area (Å²) in [5.74, 6) is 2.57. The van der Waals surface area contributed by atoms with Crippen LogP contribution in [-0.2, 0) is 0 Å². The molecule has 0 bridgehead atoms. The molecule has 2 aliphatic heterocycles. The van der Waals surface area contributed by atoms with Crippen LogP contribution in [0.3, 0.4) is 0 Å². The zero-order chi connectivity index (χ0) is 12.5. The van der Waals surface area contributed by atoms with Crippen LogP contribution in [0.15, 0.2) is 0 Å². The van der Waals surface area contributed by atoms with Gasteiger partial charge in [0.1, 0.15) is 0 Å². The Morgan fingerprint density at radius 2 is 1.71 bits per heavy atom. The number of piperazine rings is 1. The molecule has 0 spiro atoms. The lowest BCUT2D eigenvalue weighted by atomic mass is 9.88. The fraction of sp³-hybridized carbons (Fsp3) is 1.00. The summed E-state index contributed by atoms with van der Waals surface area (Å²) >= 11 is 2.09. The SMILES string of the molecule is CC1CN(C2(CN)CCSCC2)CC(C)N1C. The summed E-state index contributed by atoms with van der Waals surface area (Å²) < 4.78 is 0. The van der Waals surface area contributed by atoms with Crippen molar-refractivity contribution in [2.24, 2.45) is 5.73 Å². The van der Waals surface area contributed by atoms with Crippen LogP contribution in [0, 0.1) is 0 Å². The number of hydrogen-bond donors (Lipinski definition) is 1. The van der Waals surface area contributed by atoms with E-state index in [0.29, 0.717) is 17.6 Å². The van der Waals surface area contributed by atoms with Gasteiger partial charge in [-0.15, -0.1) is 0 Å². The summed E-state index contributed by atoms with van der Waals surface area (Å²) in [6.45, 7) is 7.87. The quantitative estimate of drug-likeness (QED) is 0.807. The van der Waals surface area contributed by atoms with Gasteiger partial charge in [-0.3, -0.25) is 9.80 Å². The largest absolute Gasteiger partial charge is 0.329 e. The number of nitrogens with zero attached hydrogens (tertiary/aromatic N) is 2. The van der Waals surface area contributed by atoms with Crippen LogP contribution in [0.4, 0.5) is 0 Å². The smallest absolute Gasteiger partial charge is 0.0348 e. The first kappa shape index (κ1) is 13.7. The molecule has 4 heteroatoms. The van der Waals surface area contributed by atoms with E-state index in [1.165, 1.54) is 37.4 Å². The van der Waals surface area contributed by atoms with Gasteiger partial charge < -0.3 is 5.73 Å². The molecule has 0 amide bonds. The average molecular weight is 257 g/mol. The Kier molecular flexibility index (Phi) is 4.40. The Bertz CT molecular complexity index is 241. The van der Waals surface area contributed by atoms with Crippen LogP contribution in [0.2, 0.25) is 0 Å². The maximum Gasteiger partial charge on any atom is 0.0348 e. The van der Waals surface area contributed by atoms with Crippen molar-refractivity contribution in [1.29, 1.82) is 0 Å². The molecule has 2 aliphatic rings. The summed E-state index contributed by atoms with van der Waals surface area (Å²) in [5.41, 5.74) is 6.43. The van der Waals surface area contributed by atoms with Gasteiger partial charge in [-0.25, -0.2) is 0 Å². The topological polar surface area (TPSA) is 32.5 Å². The molecule has 2 atom stereocenters. The van der Waals surface area contributed by atoms with Crippen LogP contribution in [0.25, 0.3) is 0 Å². The number of thioether (sulfide) groups is 1. The van der Waals surface area contributed by atoms with E-state index in [9.17, 15) is 0 Å². The van der Waals surface area contributed by atoms with Crippen molar-refractivity contribution in [2.45, 2.75) is 44.3 Å². The van der Waals surface area contributed by atoms with Crippen LogP contribution in [0.5, 0.6) is 0 Å². The Morgan fingerprint density at radius 3 is 2.18 bits per heavy atom. The predicted molar refractivity (Wildman–Crippen MR) is 76.6 cm³/mol. The molecule has 3 nitrogen and oxygen atoms in total. The van der Waals surface area contributed by atoms with Crippen molar-refractivity contribution in [3.05, 3.63) is 0 Å². The van der Waals surface area contributed by atoms with Crippen molar-refractivity contribution in [3.63, 3.8) is 0 Å². The van der Waals surface area contributed by atoms with E-state index in [-0.39, 0.29) is 0 Å². The molecule has 0 radical (unpaired) electrons. The highest BCUT2D eigenvalue weighted by Crippen LogP contribution is 2.34. The first-order valence-corrected chi connectivity index (χ1v) is 7.99. The molecule has 2 N–H and O–H groups in total. The lowest BCUT2D eigenvalue weighted by Crippen LogP contribution is -2.65. The van der Waals surface area contributed by atoms with Gasteiger partial charge >= 0.3 is 0 Å². The molecule has 0 aromatic rings. The molecule has 17 heavy (non-hydrogen) atoms. The van der Waals surface area contributed by atoms with E-state index in [1.54, 1.807) is 0 Å². The normalized spacial score (nSPS) is 36.0. The second-order valence-corrected chi connectivity index (χ2v) is 7.03. The molecular formula is C13H27N3S. The monoisotopic (exact) mass is 257 g/mol. The van der Waals surface area contributed by atoms with Gasteiger partial charge in [0.05, 0.1) is 0 Å². The van der Waals surface area contributed by atoms with Gasteiger partial charge in [-0.1, -0.05) is 0 Å². The van der Waals surface area contributed by atoms with Crippen LogP contribution in [0.1, 0.15) is 26.7 Å². The molecule has 0 saturated carbocycles. The third kappa shape index (κ3) is 2.65. The first-order chi connectivity index (χ1) is 8.09. The minimum absolute atomic E-state index is 0.301. The average Bonchev–Trinajstić information content (AvgIpc) is 2.36. The Hall–Kier alpha value is 0.230. The van der Waals surface area contributed by atoms with Crippen LogP contribution < -0.4 is 5.73 Å². The maximum absolute atomic E-state index is 6.13. The van der Waals surface area contributed by atoms with Gasteiger partial charge in [0.2, 0.25) is 0 Å². The molecule has 0 aliphatic carbocycles. The molecular weight excluding hydrogens is 230 g/mol. The molecule has 100 valence electrons. The number of nitrogens with two attached hydrogens (primary N) is 1. The van der Waals surface area contributed by atoms with E-state index in [4.69, 9.17) is 5.73 Å². The Morgan fingerprint density at radius 1 is 1.18 bits per heavy atom. The first-order valence-electron chi connectivity index (χ1n) is 6.84. The van der Waals surface area contributed by atoms with Gasteiger partial charge in [-0.05, 0) is 45.2 Å². The van der Waals surface area contributed by atoms with Crippen molar-refractivity contribution in [2.75, 3.05) is 38.2 Å². The summed E-state index contributed by atoms with van der Waals surface area (Å²) in [6, 6.07) is 1.30. The zero-order valence-electron chi connectivity index (χ0n) is 11.5. The molecule has 0 aromatic heterocycles.